The normalized spacial score (nSPS) is 12.2. The number of carbonyl (C=O) groups is 1. The first-order chi connectivity index (χ1) is 9.60. The van der Waals surface area contributed by atoms with Crippen molar-refractivity contribution >= 4 is 21.8 Å². The SMILES string of the molecule is C[C@H](CCO)NC(=O)c1cn(-c2ccc(Br)cc2)cn1. The number of aliphatic hydroxyl groups excluding tert-OH is 1. The number of amides is 1. The molecule has 106 valence electrons. The summed E-state index contributed by atoms with van der Waals surface area (Å²) < 4.78 is 2.79. The van der Waals surface area contributed by atoms with E-state index in [1.165, 1.54) is 0 Å². The zero-order valence-electron chi connectivity index (χ0n) is 11.1. The molecule has 2 N–H and O–H groups in total. The van der Waals surface area contributed by atoms with Crippen LogP contribution in [0.4, 0.5) is 0 Å². The largest absolute Gasteiger partial charge is 0.396 e. The summed E-state index contributed by atoms with van der Waals surface area (Å²) in [4.78, 5) is 16.1. The van der Waals surface area contributed by atoms with E-state index in [1.807, 2.05) is 31.2 Å². The minimum Gasteiger partial charge on any atom is -0.396 e. The Balaban J connectivity index is 2.08. The third-order valence-corrected chi connectivity index (χ3v) is 3.41. The van der Waals surface area contributed by atoms with Crippen LogP contribution in [0.1, 0.15) is 23.8 Å². The van der Waals surface area contributed by atoms with E-state index in [0.717, 1.165) is 10.2 Å². The third-order valence-electron chi connectivity index (χ3n) is 2.88. The van der Waals surface area contributed by atoms with Gasteiger partial charge in [0.15, 0.2) is 0 Å². The van der Waals surface area contributed by atoms with Crippen LogP contribution < -0.4 is 5.32 Å². The van der Waals surface area contributed by atoms with E-state index in [9.17, 15) is 4.79 Å². The lowest BCUT2D eigenvalue weighted by Gasteiger charge is -2.10. The number of carbonyl (C=O) groups excluding carboxylic acids is 1. The van der Waals surface area contributed by atoms with Gasteiger partial charge in [-0.3, -0.25) is 4.79 Å². The van der Waals surface area contributed by atoms with Crippen molar-refractivity contribution in [1.29, 1.82) is 0 Å². The van der Waals surface area contributed by atoms with Crippen LogP contribution in [0, 0.1) is 0 Å². The molecule has 1 aromatic carbocycles. The molecule has 1 amide bonds. The predicted molar refractivity (Wildman–Crippen MR) is 79.9 cm³/mol. The average Bonchev–Trinajstić information content (AvgIpc) is 2.89. The van der Waals surface area contributed by atoms with Crippen LogP contribution in [0.15, 0.2) is 41.3 Å². The molecule has 0 aliphatic carbocycles. The number of aromatic nitrogens is 2. The summed E-state index contributed by atoms with van der Waals surface area (Å²) in [5.41, 5.74) is 1.29. The molecule has 5 nitrogen and oxygen atoms in total. The fraction of sp³-hybridized carbons (Fsp3) is 0.286. The van der Waals surface area contributed by atoms with Gasteiger partial charge in [0, 0.05) is 29.0 Å². The Morgan fingerprint density at radius 3 is 2.80 bits per heavy atom. The van der Waals surface area contributed by atoms with Gasteiger partial charge in [0.1, 0.15) is 12.0 Å². The number of hydrogen-bond acceptors (Lipinski definition) is 3. The molecule has 0 radical (unpaired) electrons. The number of hydrogen-bond donors (Lipinski definition) is 2. The van der Waals surface area contributed by atoms with Gasteiger partial charge >= 0.3 is 0 Å². The van der Waals surface area contributed by atoms with Crippen LogP contribution in [0.3, 0.4) is 0 Å². The van der Waals surface area contributed by atoms with Gasteiger partial charge < -0.3 is 15.0 Å². The molecule has 0 saturated heterocycles. The van der Waals surface area contributed by atoms with Crippen molar-refractivity contribution in [2.75, 3.05) is 6.61 Å². The molecule has 6 heteroatoms. The second kappa shape index (κ2) is 6.67. The van der Waals surface area contributed by atoms with E-state index in [0.29, 0.717) is 12.1 Å². The van der Waals surface area contributed by atoms with Crippen molar-refractivity contribution in [2.24, 2.45) is 0 Å². The summed E-state index contributed by atoms with van der Waals surface area (Å²) in [5.74, 6) is -0.234. The van der Waals surface area contributed by atoms with Crippen LogP contribution in [0.2, 0.25) is 0 Å². The van der Waals surface area contributed by atoms with Crippen molar-refractivity contribution in [1.82, 2.24) is 14.9 Å². The van der Waals surface area contributed by atoms with Crippen molar-refractivity contribution in [2.45, 2.75) is 19.4 Å². The maximum absolute atomic E-state index is 12.0. The molecule has 2 aromatic rings. The minimum absolute atomic E-state index is 0.0504. The molecule has 1 atom stereocenters. The number of aliphatic hydroxyl groups is 1. The summed E-state index contributed by atoms with van der Waals surface area (Å²) in [5, 5.41) is 11.6. The summed E-state index contributed by atoms with van der Waals surface area (Å²) >= 11 is 3.38. The highest BCUT2D eigenvalue weighted by atomic mass is 79.9. The highest BCUT2D eigenvalue weighted by molar-refractivity contribution is 9.10. The molecule has 0 fully saturated rings. The van der Waals surface area contributed by atoms with E-state index in [4.69, 9.17) is 5.11 Å². The Morgan fingerprint density at radius 1 is 1.45 bits per heavy atom. The predicted octanol–water partition coefficient (Wildman–Crippen LogP) is 2.14. The van der Waals surface area contributed by atoms with Gasteiger partial charge in [-0.15, -0.1) is 0 Å². The standard InChI is InChI=1S/C14H16BrN3O2/c1-10(6-7-19)17-14(20)13-8-18(9-16-13)12-4-2-11(15)3-5-12/h2-5,8-10,19H,6-7H2,1H3,(H,17,20)/t10-/m1/s1. The van der Waals surface area contributed by atoms with Crippen molar-refractivity contribution in [3.05, 3.63) is 47.0 Å². The van der Waals surface area contributed by atoms with Crippen LogP contribution in [-0.2, 0) is 0 Å². The Morgan fingerprint density at radius 2 is 2.15 bits per heavy atom. The van der Waals surface area contributed by atoms with Gasteiger partial charge in [-0.2, -0.15) is 0 Å². The second-order valence-electron chi connectivity index (χ2n) is 4.53. The first kappa shape index (κ1) is 14.7. The first-order valence-electron chi connectivity index (χ1n) is 6.32. The molecule has 1 heterocycles. The van der Waals surface area contributed by atoms with Crippen LogP contribution >= 0.6 is 15.9 Å². The number of nitrogens with one attached hydrogen (secondary N) is 1. The first-order valence-corrected chi connectivity index (χ1v) is 7.11. The van der Waals surface area contributed by atoms with Crippen molar-refractivity contribution in [3.63, 3.8) is 0 Å². The lowest BCUT2D eigenvalue weighted by atomic mass is 10.2. The molecule has 0 spiro atoms. The quantitative estimate of drug-likeness (QED) is 0.878. The van der Waals surface area contributed by atoms with Gasteiger partial charge in [-0.05, 0) is 37.6 Å². The lowest BCUT2D eigenvalue weighted by Crippen LogP contribution is -2.33. The van der Waals surface area contributed by atoms with Gasteiger partial charge in [0.25, 0.3) is 5.91 Å². The fourth-order valence-electron chi connectivity index (χ4n) is 1.76. The van der Waals surface area contributed by atoms with Crippen molar-refractivity contribution in [3.8, 4) is 5.69 Å². The van der Waals surface area contributed by atoms with Crippen LogP contribution in [-0.4, -0.2) is 33.2 Å². The van der Waals surface area contributed by atoms with Crippen molar-refractivity contribution < 1.29 is 9.90 Å². The number of nitrogens with zero attached hydrogens (tertiary/aromatic N) is 2. The molecule has 1 aromatic heterocycles. The summed E-state index contributed by atoms with van der Waals surface area (Å²) in [6, 6.07) is 7.64. The Hall–Kier alpha value is -1.66. The lowest BCUT2D eigenvalue weighted by molar-refractivity contribution is 0.0930. The second-order valence-corrected chi connectivity index (χ2v) is 5.45. The number of imidazole rings is 1. The molecule has 0 unspecified atom stereocenters. The molecule has 0 saturated carbocycles. The summed E-state index contributed by atoms with van der Waals surface area (Å²) in [7, 11) is 0. The summed E-state index contributed by atoms with van der Waals surface area (Å²) in [6.45, 7) is 1.90. The maximum atomic E-state index is 12.0. The van der Waals surface area contributed by atoms with Gasteiger partial charge in [-0.25, -0.2) is 4.98 Å². The van der Waals surface area contributed by atoms with Gasteiger partial charge in [0.05, 0.1) is 0 Å². The molecular weight excluding hydrogens is 322 g/mol. The fourth-order valence-corrected chi connectivity index (χ4v) is 2.02. The zero-order valence-corrected chi connectivity index (χ0v) is 12.7. The smallest absolute Gasteiger partial charge is 0.271 e. The highest BCUT2D eigenvalue weighted by Gasteiger charge is 2.12. The van der Waals surface area contributed by atoms with E-state index in [-0.39, 0.29) is 18.6 Å². The Bertz CT molecular complexity index is 580. The number of halogens is 1. The maximum Gasteiger partial charge on any atom is 0.271 e. The molecule has 0 bridgehead atoms. The Kier molecular flexibility index (Phi) is 4.92. The van der Waals surface area contributed by atoms with E-state index in [2.05, 4.69) is 26.2 Å². The highest BCUT2D eigenvalue weighted by Crippen LogP contribution is 2.14. The number of benzene rings is 1. The van der Waals surface area contributed by atoms with E-state index >= 15 is 0 Å². The Labute approximate surface area is 125 Å². The molecule has 0 aliphatic heterocycles. The van der Waals surface area contributed by atoms with Crippen LogP contribution in [0.5, 0.6) is 0 Å². The van der Waals surface area contributed by atoms with E-state index in [1.54, 1.807) is 17.1 Å². The molecule has 20 heavy (non-hydrogen) atoms. The minimum atomic E-state index is -0.234. The van der Waals surface area contributed by atoms with Gasteiger partial charge in [-0.1, -0.05) is 15.9 Å². The summed E-state index contributed by atoms with van der Waals surface area (Å²) in [6.07, 6.45) is 3.82. The topological polar surface area (TPSA) is 67.2 Å². The third kappa shape index (κ3) is 3.68. The van der Waals surface area contributed by atoms with Gasteiger partial charge in [0.2, 0.25) is 0 Å². The molecule has 2 rings (SSSR count). The monoisotopic (exact) mass is 337 g/mol. The number of rotatable bonds is 5. The average molecular weight is 338 g/mol. The zero-order chi connectivity index (χ0) is 14.5. The van der Waals surface area contributed by atoms with E-state index < -0.39 is 0 Å². The van der Waals surface area contributed by atoms with Crippen LogP contribution in [0.25, 0.3) is 5.69 Å². The molecule has 0 aliphatic rings. The molecular formula is C14H16BrN3O2.